The van der Waals surface area contributed by atoms with E-state index < -0.39 is 11.7 Å². The molecule has 0 aliphatic carbocycles. The van der Waals surface area contributed by atoms with Crippen LogP contribution < -0.4 is 4.90 Å². The number of halogens is 3. The fraction of sp³-hybridized carbons (Fsp3) is 0.333. The molecule has 4 rings (SSSR count). The maximum Gasteiger partial charge on any atom is 0.416 e. The minimum absolute atomic E-state index is 0.0104. The average Bonchev–Trinajstić information content (AvgIpc) is 3.27. The van der Waals surface area contributed by atoms with Crippen molar-refractivity contribution >= 4 is 11.6 Å². The standard InChI is InChI=1S/C24H24F3N3O2/c1-17-5-7-18(8-6-17)21-16-28-22(32-21)9-10-23(31)30-13-11-29(12-14-30)20-4-2-3-19(15-20)24(25,26)27/h2-8,15-16H,9-14H2,1H3. The zero-order valence-electron chi connectivity index (χ0n) is 17.7. The van der Waals surface area contributed by atoms with Crippen molar-refractivity contribution in [3.63, 3.8) is 0 Å². The van der Waals surface area contributed by atoms with E-state index >= 15 is 0 Å². The molecule has 1 aliphatic heterocycles. The fourth-order valence-corrected chi connectivity index (χ4v) is 3.74. The van der Waals surface area contributed by atoms with Crippen LogP contribution in [0.1, 0.15) is 23.4 Å². The quantitative estimate of drug-likeness (QED) is 0.560. The Morgan fingerprint density at radius 2 is 1.78 bits per heavy atom. The van der Waals surface area contributed by atoms with Crippen LogP contribution in [0.25, 0.3) is 11.3 Å². The van der Waals surface area contributed by atoms with E-state index in [1.54, 1.807) is 17.2 Å². The van der Waals surface area contributed by atoms with E-state index in [0.29, 0.717) is 49.9 Å². The van der Waals surface area contributed by atoms with E-state index in [4.69, 9.17) is 4.42 Å². The maximum absolute atomic E-state index is 13.0. The fourth-order valence-electron chi connectivity index (χ4n) is 3.74. The molecule has 1 saturated heterocycles. The van der Waals surface area contributed by atoms with Gasteiger partial charge in [0.05, 0.1) is 11.8 Å². The van der Waals surface area contributed by atoms with Gasteiger partial charge in [0.1, 0.15) is 0 Å². The van der Waals surface area contributed by atoms with Crippen LogP contribution in [0.3, 0.4) is 0 Å². The normalized spacial score (nSPS) is 14.6. The number of anilines is 1. The number of oxazole rings is 1. The Hall–Kier alpha value is -3.29. The summed E-state index contributed by atoms with van der Waals surface area (Å²) in [5, 5.41) is 0. The number of hydrogen-bond acceptors (Lipinski definition) is 4. The molecule has 168 valence electrons. The molecule has 0 bridgehead atoms. The topological polar surface area (TPSA) is 49.6 Å². The number of alkyl halides is 3. The van der Waals surface area contributed by atoms with Crippen molar-refractivity contribution < 1.29 is 22.4 Å². The third-order valence-corrected chi connectivity index (χ3v) is 5.61. The molecule has 1 aromatic heterocycles. The molecule has 0 radical (unpaired) electrons. The number of amides is 1. The number of hydrogen-bond donors (Lipinski definition) is 0. The molecule has 0 spiro atoms. The summed E-state index contributed by atoms with van der Waals surface area (Å²) in [7, 11) is 0. The third kappa shape index (κ3) is 5.12. The summed E-state index contributed by atoms with van der Waals surface area (Å²) in [6.45, 7) is 3.93. The van der Waals surface area contributed by atoms with E-state index in [1.165, 1.54) is 6.07 Å². The number of benzene rings is 2. The minimum atomic E-state index is -4.37. The first kappa shape index (κ1) is 21.9. The van der Waals surface area contributed by atoms with Crippen molar-refractivity contribution in [3.8, 4) is 11.3 Å². The van der Waals surface area contributed by atoms with Crippen molar-refractivity contribution in [1.29, 1.82) is 0 Å². The Labute approximate surface area is 184 Å². The molecule has 32 heavy (non-hydrogen) atoms. The number of nitrogens with zero attached hydrogens (tertiary/aromatic N) is 3. The van der Waals surface area contributed by atoms with Crippen LogP contribution in [0.4, 0.5) is 18.9 Å². The van der Waals surface area contributed by atoms with E-state index in [-0.39, 0.29) is 12.3 Å². The Kier molecular flexibility index (Phi) is 6.21. The second-order valence-electron chi connectivity index (χ2n) is 7.90. The number of piperazine rings is 1. The molecule has 3 aromatic rings. The highest BCUT2D eigenvalue weighted by Crippen LogP contribution is 2.32. The number of aromatic nitrogens is 1. The summed E-state index contributed by atoms with van der Waals surface area (Å²) >= 11 is 0. The maximum atomic E-state index is 13.0. The highest BCUT2D eigenvalue weighted by molar-refractivity contribution is 5.76. The van der Waals surface area contributed by atoms with Gasteiger partial charge in [0.15, 0.2) is 11.7 Å². The van der Waals surface area contributed by atoms with Crippen molar-refractivity contribution in [2.75, 3.05) is 31.1 Å². The summed E-state index contributed by atoms with van der Waals surface area (Å²) in [5.41, 5.74) is 1.96. The molecular formula is C24H24F3N3O2. The smallest absolute Gasteiger partial charge is 0.416 e. The molecule has 0 unspecified atom stereocenters. The van der Waals surface area contributed by atoms with Crippen molar-refractivity contribution in [1.82, 2.24) is 9.88 Å². The molecule has 1 amide bonds. The number of carbonyl (C=O) groups excluding carboxylic acids is 1. The predicted molar refractivity (Wildman–Crippen MR) is 115 cm³/mol. The molecule has 2 aromatic carbocycles. The first-order valence-electron chi connectivity index (χ1n) is 10.5. The lowest BCUT2D eigenvalue weighted by Crippen LogP contribution is -2.48. The highest BCUT2D eigenvalue weighted by Gasteiger charge is 2.31. The average molecular weight is 443 g/mol. The lowest BCUT2D eigenvalue weighted by Gasteiger charge is -2.36. The molecule has 1 fully saturated rings. The van der Waals surface area contributed by atoms with Crippen molar-refractivity contribution in [3.05, 3.63) is 71.7 Å². The summed E-state index contributed by atoms with van der Waals surface area (Å²) < 4.78 is 44.7. The molecule has 1 aliphatic rings. The van der Waals surface area contributed by atoms with Gasteiger partial charge < -0.3 is 14.2 Å². The van der Waals surface area contributed by atoms with Crippen LogP contribution in [-0.2, 0) is 17.4 Å². The van der Waals surface area contributed by atoms with Gasteiger partial charge in [-0.05, 0) is 25.1 Å². The van der Waals surface area contributed by atoms with E-state index in [2.05, 4.69) is 4.98 Å². The predicted octanol–water partition coefficient (Wildman–Crippen LogP) is 4.95. The van der Waals surface area contributed by atoms with Gasteiger partial charge in [0.2, 0.25) is 5.91 Å². The number of carbonyl (C=O) groups is 1. The van der Waals surface area contributed by atoms with Crippen LogP contribution in [0, 0.1) is 6.92 Å². The number of rotatable bonds is 5. The largest absolute Gasteiger partial charge is 0.441 e. The van der Waals surface area contributed by atoms with Crippen LogP contribution in [-0.4, -0.2) is 42.0 Å². The van der Waals surface area contributed by atoms with Crippen LogP contribution in [0.5, 0.6) is 0 Å². The van der Waals surface area contributed by atoms with Gasteiger partial charge in [-0.15, -0.1) is 0 Å². The van der Waals surface area contributed by atoms with Crippen molar-refractivity contribution in [2.24, 2.45) is 0 Å². The molecular weight excluding hydrogens is 419 g/mol. The molecule has 2 heterocycles. The van der Waals surface area contributed by atoms with Gasteiger partial charge in [-0.3, -0.25) is 4.79 Å². The third-order valence-electron chi connectivity index (χ3n) is 5.61. The van der Waals surface area contributed by atoms with Gasteiger partial charge >= 0.3 is 6.18 Å². The van der Waals surface area contributed by atoms with Gasteiger partial charge in [-0.1, -0.05) is 35.9 Å². The van der Waals surface area contributed by atoms with Gasteiger partial charge in [0, 0.05) is 50.3 Å². The lowest BCUT2D eigenvalue weighted by molar-refractivity contribution is -0.137. The van der Waals surface area contributed by atoms with Crippen LogP contribution in [0.2, 0.25) is 0 Å². The van der Waals surface area contributed by atoms with Crippen molar-refractivity contribution in [2.45, 2.75) is 25.9 Å². The Bertz CT molecular complexity index is 1070. The Morgan fingerprint density at radius 1 is 1.06 bits per heavy atom. The molecule has 5 nitrogen and oxygen atoms in total. The zero-order valence-corrected chi connectivity index (χ0v) is 17.7. The van der Waals surface area contributed by atoms with Gasteiger partial charge in [-0.25, -0.2) is 4.98 Å². The van der Waals surface area contributed by atoms with E-state index in [0.717, 1.165) is 23.3 Å². The first-order chi connectivity index (χ1) is 15.3. The second kappa shape index (κ2) is 9.06. The van der Waals surface area contributed by atoms with Crippen LogP contribution >= 0.6 is 0 Å². The monoisotopic (exact) mass is 443 g/mol. The number of aryl methyl sites for hydroxylation is 2. The highest BCUT2D eigenvalue weighted by atomic mass is 19.4. The molecule has 0 saturated carbocycles. The second-order valence-corrected chi connectivity index (χ2v) is 7.90. The van der Waals surface area contributed by atoms with E-state index in [1.807, 2.05) is 36.1 Å². The molecule has 8 heteroatoms. The van der Waals surface area contributed by atoms with Crippen LogP contribution in [0.15, 0.2) is 59.1 Å². The Morgan fingerprint density at radius 3 is 2.47 bits per heavy atom. The summed E-state index contributed by atoms with van der Waals surface area (Å²) in [6, 6.07) is 13.2. The molecule has 0 N–H and O–H groups in total. The Balaban J connectivity index is 1.29. The first-order valence-corrected chi connectivity index (χ1v) is 10.5. The summed E-state index contributed by atoms with van der Waals surface area (Å²) in [5.74, 6) is 1.17. The van der Waals surface area contributed by atoms with Gasteiger partial charge in [0.25, 0.3) is 0 Å². The summed E-state index contributed by atoms with van der Waals surface area (Å²) in [4.78, 5) is 20.5. The zero-order chi connectivity index (χ0) is 22.7. The van der Waals surface area contributed by atoms with E-state index in [9.17, 15) is 18.0 Å². The minimum Gasteiger partial charge on any atom is -0.441 e. The van der Waals surface area contributed by atoms with Gasteiger partial charge in [-0.2, -0.15) is 13.2 Å². The summed E-state index contributed by atoms with van der Waals surface area (Å²) in [6.07, 6.45) is -2.03. The lowest BCUT2D eigenvalue weighted by atomic mass is 10.1. The molecule has 0 atom stereocenters. The SMILES string of the molecule is Cc1ccc(-c2cnc(CCC(=O)N3CCN(c4cccc(C(F)(F)F)c4)CC3)o2)cc1.